The fraction of sp³-hybridized carbons (Fsp3) is 0.734. The number of aliphatic hydroxyl groups excluding tert-OH is 4. The second kappa shape index (κ2) is 26.0. The maximum Gasteiger partial charge on any atom is 0.407 e. The number of Topliss-reactive ketones (excluding diaryl/α,β-unsaturated/α-hetero) is 1. The molecule has 5 aliphatic heterocycles. The van der Waals surface area contributed by atoms with E-state index >= 15 is 4.79 Å². The lowest BCUT2D eigenvalue weighted by atomic mass is 9.49. The van der Waals surface area contributed by atoms with E-state index in [0.29, 0.717) is 30.4 Å². The standard InChI is InChI=1S/C64H92N2O20/c1-29-14-19-45(82-51-28-62(11,65)57(37(9)80-51)66-61(75)76-13)30(2)23-42-43(69)24-39(16-15-33(5)67)27-64(42)59(73)52(60(74)86-64)58(72)63(12)41(29)18-17-40-53(63)31(3)22-32(4)55(40)85-50-26-47(56(36(8)79-50)81-38(10)68)84-48-21-20-46(34(6)77-48)83-49-25-44(70)54(71)35(7)78-49/h14-18,23-24,31-32,34-37,40-51,53-57,69-72H,19-22,25-28,65H2,1-13H3,(H,66,75). The number of carbonyl (C=O) groups is 5. The van der Waals surface area contributed by atoms with Crippen molar-refractivity contribution in [2.45, 2.75) is 250 Å². The van der Waals surface area contributed by atoms with Crippen LogP contribution in [0, 0.1) is 40.9 Å². The number of ether oxygens (including phenoxy) is 11. The van der Waals surface area contributed by atoms with Crippen LogP contribution in [0.25, 0.3) is 0 Å². The first-order valence-electron chi connectivity index (χ1n) is 30.7. The number of allylic oxidation sites excluding steroid dienone is 5. The van der Waals surface area contributed by atoms with E-state index in [1.165, 1.54) is 39.2 Å². The zero-order chi connectivity index (χ0) is 62.6. The van der Waals surface area contributed by atoms with Crippen molar-refractivity contribution in [3.8, 4) is 0 Å². The van der Waals surface area contributed by atoms with Gasteiger partial charge in [-0.2, -0.15) is 0 Å². The second-order valence-electron chi connectivity index (χ2n) is 26.4. The summed E-state index contributed by atoms with van der Waals surface area (Å²) in [6.45, 7) is 21.5. The molecule has 0 aromatic heterocycles. The number of aliphatic hydroxyl groups is 4. The molecule has 86 heavy (non-hydrogen) atoms. The minimum absolute atomic E-state index is 0.0839. The lowest BCUT2D eigenvalue weighted by molar-refractivity contribution is -0.323. The van der Waals surface area contributed by atoms with Crippen LogP contribution in [-0.2, 0) is 71.3 Å². The Kier molecular flexibility index (Phi) is 19.9. The van der Waals surface area contributed by atoms with Gasteiger partial charge in [-0.3, -0.25) is 14.4 Å². The van der Waals surface area contributed by atoms with E-state index in [0.717, 1.165) is 5.57 Å². The second-order valence-corrected chi connectivity index (χ2v) is 26.4. The Balaban J connectivity index is 1.04. The van der Waals surface area contributed by atoms with Gasteiger partial charge in [-0.05, 0) is 110 Å². The number of fused-ring (bicyclic) bond motifs is 4. The van der Waals surface area contributed by atoms with Crippen LogP contribution in [0.1, 0.15) is 134 Å². The van der Waals surface area contributed by atoms with E-state index in [-0.39, 0.29) is 49.7 Å². The topological polar surface area (TPSA) is 306 Å². The van der Waals surface area contributed by atoms with Crippen molar-refractivity contribution < 1.29 is 96.5 Å². The smallest absolute Gasteiger partial charge is 0.407 e. The van der Waals surface area contributed by atoms with Crippen LogP contribution in [0.4, 0.5) is 4.79 Å². The van der Waals surface area contributed by atoms with Crippen LogP contribution < -0.4 is 11.1 Å². The molecule has 0 aromatic carbocycles. The van der Waals surface area contributed by atoms with Crippen molar-refractivity contribution >= 4 is 29.6 Å². The Labute approximate surface area is 504 Å². The Morgan fingerprint density at radius 3 is 2.10 bits per heavy atom. The van der Waals surface area contributed by atoms with Crippen LogP contribution in [0.2, 0.25) is 0 Å². The maximum atomic E-state index is 15.7. The average Bonchev–Trinajstić information content (AvgIpc) is 1.33. The number of hydrogen-bond acceptors (Lipinski definition) is 21. The van der Waals surface area contributed by atoms with Gasteiger partial charge in [0.2, 0.25) is 5.78 Å². The number of nitrogens with one attached hydrogen (secondary N) is 1. The largest absolute Gasteiger partial charge is 0.511 e. The minimum Gasteiger partial charge on any atom is -0.511 e. The first kappa shape index (κ1) is 65.7. The number of nitrogens with two attached hydrogens (primary N) is 1. The molecule has 5 heterocycles. The number of esters is 2. The molecule has 1 spiro atoms. The summed E-state index contributed by atoms with van der Waals surface area (Å²) in [7, 11) is 1.26. The van der Waals surface area contributed by atoms with Gasteiger partial charge in [-0.15, -0.1) is 0 Å². The lowest BCUT2D eigenvalue weighted by Gasteiger charge is -2.56. The molecule has 22 heteroatoms. The Bertz CT molecular complexity index is 2740. The van der Waals surface area contributed by atoms with E-state index < -0.39 is 180 Å². The summed E-state index contributed by atoms with van der Waals surface area (Å²) in [6.07, 6.45) is 1.20. The predicted octanol–water partition coefficient (Wildman–Crippen LogP) is 6.08. The van der Waals surface area contributed by atoms with Crippen molar-refractivity contribution in [2.75, 3.05) is 7.11 Å². The van der Waals surface area contributed by atoms with Gasteiger partial charge in [0.15, 0.2) is 42.6 Å². The third-order valence-corrected chi connectivity index (χ3v) is 19.9. The number of alkyl carbamates (subject to hydrolysis) is 1. The Hall–Kier alpha value is -4.69. The molecule has 0 radical (unpaired) electrons. The molecule has 2 bridgehead atoms. The highest BCUT2D eigenvalue weighted by Gasteiger charge is 2.65. The first-order chi connectivity index (χ1) is 40.4. The van der Waals surface area contributed by atoms with Crippen molar-refractivity contribution in [1.82, 2.24) is 5.32 Å². The van der Waals surface area contributed by atoms with E-state index in [4.69, 9.17) is 57.8 Å². The zero-order valence-corrected chi connectivity index (χ0v) is 51.9. The van der Waals surface area contributed by atoms with Crippen LogP contribution in [-0.4, -0.2) is 173 Å². The van der Waals surface area contributed by atoms with Gasteiger partial charge in [0, 0.05) is 61.8 Å². The van der Waals surface area contributed by atoms with Crippen LogP contribution in [0.5, 0.6) is 0 Å². The van der Waals surface area contributed by atoms with Gasteiger partial charge >= 0.3 is 18.0 Å². The maximum absolute atomic E-state index is 15.7. The van der Waals surface area contributed by atoms with Gasteiger partial charge in [-0.25, -0.2) is 9.59 Å². The molecule has 26 unspecified atom stereocenters. The molecule has 4 aliphatic carbocycles. The highest BCUT2D eigenvalue weighted by Crippen LogP contribution is 2.61. The number of methoxy groups -OCH3 is 1. The molecule has 478 valence electrons. The molecule has 1 amide bonds. The first-order valence-corrected chi connectivity index (χ1v) is 30.7. The zero-order valence-electron chi connectivity index (χ0n) is 51.9. The number of carbonyl (C=O) groups excluding carboxylic acids is 5. The summed E-state index contributed by atoms with van der Waals surface area (Å²) in [4.78, 5) is 67.9. The van der Waals surface area contributed by atoms with Gasteiger partial charge < -0.3 is 83.6 Å². The number of hydrogen-bond donors (Lipinski definition) is 6. The predicted molar refractivity (Wildman–Crippen MR) is 308 cm³/mol. The molecule has 7 N–H and O–H groups in total. The summed E-state index contributed by atoms with van der Waals surface area (Å²) in [5, 5.41) is 48.9. The highest BCUT2D eigenvalue weighted by atomic mass is 16.7. The number of ketones is 2. The molecule has 9 aliphatic rings. The molecule has 6 fully saturated rings. The summed E-state index contributed by atoms with van der Waals surface area (Å²) < 4.78 is 69.3. The highest BCUT2D eigenvalue weighted by molar-refractivity contribution is 6.26. The molecular weight excluding hydrogens is 1120 g/mol. The van der Waals surface area contributed by atoms with Gasteiger partial charge in [0.25, 0.3) is 0 Å². The molecule has 9 rings (SSSR count). The third-order valence-electron chi connectivity index (χ3n) is 19.9. The van der Waals surface area contributed by atoms with Crippen molar-refractivity contribution in [1.29, 1.82) is 0 Å². The fourth-order valence-corrected chi connectivity index (χ4v) is 15.6. The summed E-state index contributed by atoms with van der Waals surface area (Å²) >= 11 is 0. The van der Waals surface area contributed by atoms with Gasteiger partial charge in [0.1, 0.15) is 23.5 Å². The quantitative estimate of drug-likeness (QED) is 0.0424. The third kappa shape index (κ3) is 13.2. The van der Waals surface area contributed by atoms with E-state index in [1.54, 1.807) is 40.7 Å². The molecule has 1 saturated carbocycles. The summed E-state index contributed by atoms with van der Waals surface area (Å²) in [6, 6.07) is -0.634. The van der Waals surface area contributed by atoms with Crippen LogP contribution in [0.3, 0.4) is 0 Å². The summed E-state index contributed by atoms with van der Waals surface area (Å²) in [5.74, 6) is -6.02. The average molecular weight is 1210 g/mol. The fourth-order valence-electron chi connectivity index (χ4n) is 15.6. The van der Waals surface area contributed by atoms with Crippen LogP contribution in [0.15, 0.2) is 70.6 Å². The molecular formula is C64H92N2O20. The molecule has 22 nitrogen and oxygen atoms in total. The molecule has 0 aromatic rings. The monoisotopic (exact) mass is 1210 g/mol. The minimum atomic E-state index is -2.06. The Morgan fingerprint density at radius 2 is 1.44 bits per heavy atom. The normalized spacial score (nSPS) is 45.5. The van der Waals surface area contributed by atoms with E-state index in [1.807, 2.05) is 32.9 Å². The van der Waals surface area contributed by atoms with Gasteiger partial charge in [-0.1, -0.05) is 62.8 Å². The van der Waals surface area contributed by atoms with Crippen molar-refractivity contribution in [3.63, 3.8) is 0 Å². The molecule has 5 saturated heterocycles. The number of amides is 1. The SMILES string of the molecule is COC(=O)NC1C(C)OC(OC2CC=C(C)C3C=CC4C(OC5CC(OC6CCC(OC7CC(O)C(O)C(C)O7)C(C)O6)C(OC(C)=O)C(C)O5)C(C)CC(C)C4C3(C)C(O)=C3C(=O)OC4(CC(C=CC(C)=O)=CC(O)C4C=C2C)C3=O)CC1(C)N. The lowest BCUT2D eigenvalue weighted by Crippen LogP contribution is -2.66. The van der Waals surface area contributed by atoms with E-state index in [2.05, 4.69) is 25.2 Å². The van der Waals surface area contributed by atoms with Gasteiger partial charge in [0.05, 0.1) is 74.0 Å². The number of rotatable bonds is 12. The summed E-state index contributed by atoms with van der Waals surface area (Å²) in [5.41, 5.74) is 3.68. The van der Waals surface area contributed by atoms with E-state index in [9.17, 15) is 39.6 Å². The van der Waals surface area contributed by atoms with Crippen molar-refractivity contribution in [3.05, 3.63) is 70.6 Å². The Morgan fingerprint density at radius 1 is 0.767 bits per heavy atom. The van der Waals surface area contributed by atoms with Crippen LogP contribution >= 0.6 is 0 Å². The molecule has 26 atom stereocenters. The van der Waals surface area contributed by atoms with Crippen molar-refractivity contribution in [2.24, 2.45) is 46.7 Å².